The number of fused-ring (bicyclic) bond motifs is 1. The van der Waals surface area contributed by atoms with Gasteiger partial charge in [0, 0.05) is 11.6 Å². The summed E-state index contributed by atoms with van der Waals surface area (Å²) in [5.41, 5.74) is 1.19. The molecule has 5 nitrogen and oxygen atoms in total. The average Bonchev–Trinajstić information content (AvgIpc) is 2.87. The van der Waals surface area contributed by atoms with Crippen molar-refractivity contribution in [2.24, 2.45) is 0 Å². The fourth-order valence-electron chi connectivity index (χ4n) is 2.39. The van der Waals surface area contributed by atoms with E-state index in [1.807, 2.05) is 6.92 Å². The molecule has 0 atom stereocenters. The molecule has 0 aliphatic rings. The summed E-state index contributed by atoms with van der Waals surface area (Å²) >= 11 is 0. The van der Waals surface area contributed by atoms with Gasteiger partial charge in [0.15, 0.2) is 0 Å². The number of nitrogens with zero attached hydrogens (tertiary/aromatic N) is 1. The van der Waals surface area contributed by atoms with Gasteiger partial charge in [-0.3, -0.25) is 0 Å². The van der Waals surface area contributed by atoms with Crippen molar-refractivity contribution in [1.29, 1.82) is 0 Å². The van der Waals surface area contributed by atoms with Crippen LogP contribution in [0, 0.1) is 6.92 Å². The minimum absolute atomic E-state index is 0.0294. The Morgan fingerprint density at radius 3 is 2.41 bits per heavy atom. The number of benzene rings is 2. The molecule has 1 N–H and O–H groups in total. The zero-order valence-electron chi connectivity index (χ0n) is 11.7. The molecule has 0 saturated heterocycles. The van der Waals surface area contributed by atoms with E-state index < -0.39 is 16.0 Å². The second-order valence-electron chi connectivity index (χ2n) is 4.98. The van der Waals surface area contributed by atoms with Crippen molar-refractivity contribution in [3.63, 3.8) is 0 Å². The normalized spacial score (nSPS) is 11.7. The second kappa shape index (κ2) is 4.99. The topological polar surface area (TPSA) is 76.4 Å². The van der Waals surface area contributed by atoms with E-state index in [1.54, 1.807) is 36.4 Å². The van der Waals surface area contributed by atoms with Crippen molar-refractivity contribution in [1.82, 2.24) is 3.97 Å². The van der Waals surface area contributed by atoms with Crippen LogP contribution in [-0.2, 0) is 10.0 Å². The highest BCUT2D eigenvalue weighted by Crippen LogP contribution is 2.27. The van der Waals surface area contributed by atoms with Crippen LogP contribution in [0.4, 0.5) is 0 Å². The first-order valence-corrected chi connectivity index (χ1v) is 8.01. The van der Waals surface area contributed by atoms with Crippen LogP contribution in [0.2, 0.25) is 0 Å². The third-order valence-corrected chi connectivity index (χ3v) is 5.14. The Labute approximate surface area is 127 Å². The summed E-state index contributed by atoms with van der Waals surface area (Å²) in [6.45, 7) is 1.83. The van der Waals surface area contributed by atoms with Gasteiger partial charge < -0.3 is 5.11 Å². The highest BCUT2D eigenvalue weighted by Gasteiger charge is 2.23. The van der Waals surface area contributed by atoms with Crippen LogP contribution < -0.4 is 0 Å². The van der Waals surface area contributed by atoms with Gasteiger partial charge in [-0.15, -0.1) is 0 Å². The number of hydrogen-bond donors (Lipinski definition) is 1. The van der Waals surface area contributed by atoms with Crippen LogP contribution in [0.3, 0.4) is 0 Å². The maximum Gasteiger partial charge on any atom is 0.337 e. The van der Waals surface area contributed by atoms with Crippen molar-refractivity contribution in [3.8, 4) is 0 Å². The van der Waals surface area contributed by atoms with E-state index >= 15 is 0 Å². The summed E-state index contributed by atoms with van der Waals surface area (Å²) in [7, 11) is -3.84. The van der Waals surface area contributed by atoms with Gasteiger partial charge in [-0.05, 0) is 31.2 Å². The molecule has 3 rings (SSSR count). The molecule has 0 saturated carbocycles. The SMILES string of the molecule is Cc1ccc2c(c1)c(C(=O)O)cn2S(=O)(=O)c1ccccc1. The number of aromatic nitrogens is 1. The van der Waals surface area contributed by atoms with E-state index in [2.05, 4.69) is 0 Å². The Morgan fingerprint density at radius 1 is 1.09 bits per heavy atom. The van der Waals surface area contributed by atoms with Crippen molar-refractivity contribution >= 4 is 26.9 Å². The minimum Gasteiger partial charge on any atom is -0.478 e. The minimum atomic E-state index is -3.84. The van der Waals surface area contributed by atoms with Gasteiger partial charge in [-0.25, -0.2) is 17.2 Å². The molecule has 1 aromatic heterocycles. The van der Waals surface area contributed by atoms with Gasteiger partial charge in [0.25, 0.3) is 10.0 Å². The summed E-state index contributed by atoms with van der Waals surface area (Å²) < 4.78 is 26.5. The molecule has 3 aromatic rings. The van der Waals surface area contributed by atoms with Gasteiger partial charge in [-0.1, -0.05) is 29.8 Å². The van der Waals surface area contributed by atoms with Gasteiger partial charge in [0.05, 0.1) is 16.0 Å². The Morgan fingerprint density at radius 2 is 1.77 bits per heavy atom. The molecule has 0 amide bonds. The van der Waals surface area contributed by atoms with Crippen molar-refractivity contribution in [3.05, 3.63) is 65.9 Å². The van der Waals surface area contributed by atoms with Crippen LogP contribution >= 0.6 is 0 Å². The first-order chi connectivity index (χ1) is 10.4. The zero-order chi connectivity index (χ0) is 15.9. The van der Waals surface area contributed by atoms with E-state index in [9.17, 15) is 18.3 Å². The van der Waals surface area contributed by atoms with Gasteiger partial charge in [-0.2, -0.15) is 0 Å². The highest BCUT2D eigenvalue weighted by molar-refractivity contribution is 7.90. The lowest BCUT2D eigenvalue weighted by molar-refractivity contribution is 0.0699. The first-order valence-electron chi connectivity index (χ1n) is 6.57. The summed E-state index contributed by atoms with van der Waals surface area (Å²) in [6, 6.07) is 13.0. The summed E-state index contributed by atoms with van der Waals surface area (Å²) in [4.78, 5) is 11.5. The molecule has 112 valence electrons. The van der Waals surface area contributed by atoms with Crippen LogP contribution in [0.1, 0.15) is 15.9 Å². The number of hydrogen-bond acceptors (Lipinski definition) is 3. The molecule has 22 heavy (non-hydrogen) atoms. The smallest absolute Gasteiger partial charge is 0.337 e. The largest absolute Gasteiger partial charge is 0.478 e. The molecule has 0 aliphatic heterocycles. The monoisotopic (exact) mass is 315 g/mol. The molecule has 0 fully saturated rings. The van der Waals surface area contributed by atoms with Crippen LogP contribution in [0.15, 0.2) is 59.6 Å². The summed E-state index contributed by atoms with van der Waals surface area (Å²) in [5, 5.41) is 9.72. The molecule has 2 aromatic carbocycles. The summed E-state index contributed by atoms with van der Waals surface area (Å²) in [6.07, 6.45) is 1.16. The quantitative estimate of drug-likeness (QED) is 0.806. The number of aromatic carboxylic acids is 1. The Kier molecular flexibility index (Phi) is 3.26. The molecular weight excluding hydrogens is 302 g/mol. The maximum absolute atomic E-state index is 12.7. The lowest BCUT2D eigenvalue weighted by atomic mass is 10.1. The van der Waals surface area contributed by atoms with Crippen LogP contribution in [-0.4, -0.2) is 23.5 Å². The van der Waals surface area contributed by atoms with Crippen molar-refractivity contribution in [2.45, 2.75) is 11.8 Å². The number of carbonyl (C=O) groups is 1. The molecule has 0 spiro atoms. The van der Waals surface area contributed by atoms with Crippen LogP contribution in [0.5, 0.6) is 0 Å². The Bertz CT molecular complexity index is 972. The molecule has 0 unspecified atom stereocenters. The lowest BCUT2D eigenvalue weighted by Gasteiger charge is -2.07. The van der Waals surface area contributed by atoms with Crippen molar-refractivity contribution in [2.75, 3.05) is 0 Å². The molecular formula is C16H13NO4S. The first kappa shape index (κ1) is 14.3. The van der Waals surface area contributed by atoms with Gasteiger partial charge in [0.2, 0.25) is 0 Å². The zero-order valence-corrected chi connectivity index (χ0v) is 12.5. The highest BCUT2D eigenvalue weighted by atomic mass is 32.2. The standard InChI is InChI=1S/C16H13NO4S/c1-11-7-8-15-13(9-11)14(16(18)19)10-17(15)22(20,21)12-5-3-2-4-6-12/h2-10H,1H3,(H,18,19). The maximum atomic E-state index is 12.7. The third kappa shape index (κ3) is 2.17. The Hall–Kier alpha value is -2.60. The van der Waals surface area contributed by atoms with E-state index in [1.165, 1.54) is 12.1 Å². The van der Waals surface area contributed by atoms with Crippen LogP contribution in [0.25, 0.3) is 10.9 Å². The number of rotatable bonds is 3. The molecule has 1 heterocycles. The number of carboxylic acids is 1. The third-order valence-electron chi connectivity index (χ3n) is 3.46. The van der Waals surface area contributed by atoms with Gasteiger partial charge in [0.1, 0.15) is 0 Å². The predicted octanol–water partition coefficient (Wildman–Crippen LogP) is 2.88. The summed E-state index contributed by atoms with van der Waals surface area (Å²) in [5.74, 6) is -1.15. The van der Waals surface area contributed by atoms with E-state index in [0.717, 1.165) is 15.7 Å². The fourth-order valence-corrected chi connectivity index (χ4v) is 3.78. The van der Waals surface area contributed by atoms with E-state index in [-0.39, 0.29) is 10.5 Å². The molecule has 0 aliphatic carbocycles. The van der Waals surface area contributed by atoms with E-state index in [4.69, 9.17) is 0 Å². The molecule has 0 radical (unpaired) electrons. The van der Waals surface area contributed by atoms with E-state index in [0.29, 0.717) is 10.9 Å². The Balaban J connectivity index is 2.35. The molecule has 6 heteroatoms. The predicted molar refractivity (Wildman–Crippen MR) is 82.7 cm³/mol. The average molecular weight is 315 g/mol. The van der Waals surface area contributed by atoms with Gasteiger partial charge >= 0.3 is 5.97 Å². The lowest BCUT2D eigenvalue weighted by Crippen LogP contribution is -2.11. The number of aryl methyl sites for hydroxylation is 1. The number of carboxylic acid groups (broad SMARTS) is 1. The second-order valence-corrected chi connectivity index (χ2v) is 6.80. The fraction of sp³-hybridized carbons (Fsp3) is 0.0625. The molecule has 0 bridgehead atoms. The van der Waals surface area contributed by atoms with Crippen molar-refractivity contribution < 1.29 is 18.3 Å².